The van der Waals surface area contributed by atoms with E-state index in [1.165, 1.54) is 0 Å². The Morgan fingerprint density at radius 3 is 2.05 bits per heavy atom. The van der Waals surface area contributed by atoms with Crippen molar-refractivity contribution < 1.29 is 14.3 Å². The standard InChI is InChI=1S/C7H14N2O.C6H12N2O2.C2H6/c1-7(6(10)9-8)4-2-3-5-7;7-8-6(9)5-3-1-2-4-10-5;1-2/h2-5,8H2,1H3,(H,9,10);5H,1-4,7H2,(H,8,9);1-2H3. The lowest BCUT2D eigenvalue weighted by Gasteiger charge is -2.20. The largest absolute Gasteiger partial charge is 0.368 e. The lowest BCUT2D eigenvalue weighted by molar-refractivity contribution is -0.135. The van der Waals surface area contributed by atoms with E-state index in [9.17, 15) is 9.59 Å². The first-order valence-corrected chi connectivity index (χ1v) is 8.16. The van der Waals surface area contributed by atoms with E-state index in [0.29, 0.717) is 6.61 Å². The highest BCUT2D eigenvalue weighted by atomic mass is 16.5. The van der Waals surface area contributed by atoms with Gasteiger partial charge in [-0.25, -0.2) is 11.7 Å². The second kappa shape index (κ2) is 11.4. The third-order valence-electron chi connectivity index (χ3n) is 4.00. The van der Waals surface area contributed by atoms with E-state index < -0.39 is 0 Å². The number of rotatable bonds is 2. The summed E-state index contributed by atoms with van der Waals surface area (Å²) < 4.78 is 5.14. The van der Waals surface area contributed by atoms with Crippen LogP contribution in [0, 0.1) is 5.41 Å². The van der Waals surface area contributed by atoms with Crippen LogP contribution in [0.5, 0.6) is 0 Å². The molecule has 2 fully saturated rings. The molecule has 0 bridgehead atoms. The van der Waals surface area contributed by atoms with Gasteiger partial charge in [0, 0.05) is 12.0 Å². The second-order valence-electron chi connectivity index (χ2n) is 5.61. The number of ether oxygens (including phenoxy) is 1. The molecule has 7 heteroatoms. The van der Waals surface area contributed by atoms with Gasteiger partial charge in [-0.2, -0.15) is 0 Å². The highest BCUT2D eigenvalue weighted by Gasteiger charge is 2.35. The molecule has 1 unspecified atom stereocenters. The van der Waals surface area contributed by atoms with Crippen molar-refractivity contribution in [3.63, 3.8) is 0 Å². The zero-order valence-corrected chi connectivity index (χ0v) is 14.1. The predicted molar refractivity (Wildman–Crippen MR) is 86.2 cm³/mol. The first-order chi connectivity index (χ1) is 10.5. The minimum absolute atomic E-state index is 0.00926. The lowest BCUT2D eigenvalue weighted by atomic mass is 9.88. The van der Waals surface area contributed by atoms with E-state index in [2.05, 4.69) is 10.9 Å². The molecule has 1 atom stereocenters. The second-order valence-corrected chi connectivity index (χ2v) is 5.61. The summed E-state index contributed by atoms with van der Waals surface area (Å²) in [5.41, 5.74) is 4.11. The van der Waals surface area contributed by atoms with Crippen molar-refractivity contribution in [2.75, 3.05) is 6.61 Å². The number of carbonyl (C=O) groups is 2. The average molecular weight is 316 g/mol. The van der Waals surface area contributed by atoms with Crippen LogP contribution in [0.1, 0.15) is 65.7 Å². The molecule has 2 aliphatic rings. The number of nitrogens with one attached hydrogen (secondary N) is 2. The number of nitrogens with two attached hydrogens (primary N) is 2. The van der Waals surface area contributed by atoms with Crippen LogP contribution in [-0.2, 0) is 14.3 Å². The normalized spacial score (nSPS) is 22.3. The van der Waals surface area contributed by atoms with Crippen molar-refractivity contribution in [3.8, 4) is 0 Å². The van der Waals surface area contributed by atoms with Gasteiger partial charge in [-0.05, 0) is 32.1 Å². The van der Waals surface area contributed by atoms with Gasteiger partial charge < -0.3 is 4.74 Å². The van der Waals surface area contributed by atoms with Crippen molar-refractivity contribution >= 4 is 11.8 Å². The van der Waals surface area contributed by atoms with E-state index in [1.54, 1.807) is 0 Å². The van der Waals surface area contributed by atoms with Crippen molar-refractivity contribution in [2.45, 2.75) is 71.8 Å². The van der Waals surface area contributed by atoms with Gasteiger partial charge in [-0.15, -0.1) is 0 Å². The molecule has 130 valence electrons. The minimum atomic E-state index is -0.307. The number of hydrogen-bond donors (Lipinski definition) is 4. The molecule has 0 aromatic rings. The van der Waals surface area contributed by atoms with Gasteiger partial charge in [0.2, 0.25) is 5.91 Å². The summed E-state index contributed by atoms with van der Waals surface area (Å²) in [6, 6.07) is 0. The van der Waals surface area contributed by atoms with Crippen molar-refractivity contribution in [3.05, 3.63) is 0 Å². The maximum absolute atomic E-state index is 11.1. The minimum Gasteiger partial charge on any atom is -0.368 e. The molecule has 0 aromatic carbocycles. The van der Waals surface area contributed by atoms with Crippen LogP contribution in [0.25, 0.3) is 0 Å². The van der Waals surface area contributed by atoms with Crippen LogP contribution in [0.15, 0.2) is 0 Å². The van der Waals surface area contributed by atoms with Crippen LogP contribution in [0.2, 0.25) is 0 Å². The molecular weight excluding hydrogens is 284 g/mol. The third kappa shape index (κ3) is 6.72. The molecule has 1 aliphatic carbocycles. The van der Waals surface area contributed by atoms with Gasteiger partial charge in [0.25, 0.3) is 5.91 Å². The van der Waals surface area contributed by atoms with E-state index in [0.717, 1.165) is 44.9 Å². The molecule has 0 spiro atoms. The maximum atomic E-state index is 11.1. The SMILES string of the molecule is CC.CC1(C(=O)NN)CCCC1.NNC(=O)C1CCCCO1. The summed E-state index contributed by atoms with van der Waals surface area (Å²) in [6.45, 7) is 6.65. The zero-order chi connectivity index (χ0) is 17.0. The van der Waals surface area contributed by atoms with Crippen molar-refractivity contribution in [2.24, 2.45) is 17.1 Å². The summed E-state index contributed by atoms with van der Waals surface area (Å²) in [7, 11) is 0. The Morgan fingerprint density at radius 1 is 1.05 bits per heavy atom. The fourth-order valence-corrected chi connectivity index (χ4v) is 2.60. The van der Waals surface area contributed by atoms with E-state index in [-0.39, 0.29) is 23.3 Å². The predicted octanol–water partition coefficient (Wildman–Crippen LogP) is 1.13. The highest BCUT2D eigenvalue weighted by Crippen LogP contribution is 2.37. The molecule has 0 aromatic heterocycles. The topological polar surface area (TPSA) is 119 Å². The Labute approximate surface area is 133 Å². The third-order valence-corrected chi connectivity index (χ3v) is 4.00. The van der Waals surface area contributed by atoms with Gasteiger partial charge in [0.15, 0.2) is 0 Å². The van der Waals surface area contributed by atoms with Crippen LogP contribution in [0.4, 0.5) is 0 Å². The van der Waals surface area contributed by atoms with Gasteiger partial charge in [-0.3, -0.25) is 20.4 Å². The average Bonchev–Trinajstić information content (AvgIpc) is 3.04. The van der Waals surface area contributed by atoms with E-state index >= 15 is 0 Å². The molecule has 6 N–H and O–H groups in total. The fraction of sp³-hybridized carbons (Fsp3) is 0.867. The molecule has 1 saturated carbocycles. The summed E-state index contributed by atoms with van der Waals surface area (Å²) in [5, 5.41) is 0. The Balaban J connectivity index is 0.000000360. The Morgan fingerprint density at radius 2 is 1.64 bits per heavy atom. The summed E-state index contributed by atoms with van der Waals surface area (Å²) >= 11 is 0. The molecule has 2 amide bonds. The highest BCUT2D eigenvalue weighted by molar-refractivity contribution is 5.81. The quantitative estimate of drug-likeness (QED) is 0.346. The van der Waals surface area contributed by atoms with Crippen LogP contribution < -0.4 is 22.5 Å². The molecule has 2 rings (SSSR count). The number of hydrazine groups is 2. The fourth-order valence-electron chi connectivity index (χ4n) is 2.60. The molecule has 1 saturated heterocycles. The van der Waals surface area contributed by atoms with Crippen LogP contribution >= 0.6 is 0 Å². The van der Waals surface area contributed by atoms with Gasteiger partial charge in [-0.1, -0.05) is 33.6 Å². The Kier molecular flexibility index (Phi) is 10.8. The summed E-state index contributed by atoms with van der Waals surface area (Å²) in [5.74, 6) is 9.74. The van der Waals surface area contributed by atoms with E-state index in [4.69, 9.17) is 16.4 Å². The lowest BCUT2D eigenvalue weighted by Crippen LogP contribution is -2.41. The number of amides is 2. The van der Waals surface area contributed by atoms with Crippen LogP contribution in [-0.4, -0.2) is 24.5 Å². The summed E-state index contributed by atoms with van der Waals surface area (Å²) in [6.07, 6.45) is 6.87. The van der Waals surface area contributed by atoms with Crippen molar-refractivity contribution in [1.82, 2.24) is 10.9 Å². The molecular formula is C15H32N4O3. The first-order valence-electron chi connectivity index (χ1n) is 8.16. The van der Waals surface area contributed by atoms with Gasteiger partial charge >= 0.3 is 0 Å². The molecule has 22 heavy (non-hydrogen) atoms. The Bertz CT molecular complexity index is 325. The molecule has 0 radical (unpaired) electrons. The number of hydrogen-bond acceptors (Lipinski definition) is 5. The van der Waals surface area contributed by atoms with E-state index in [1.807, 2.05) is 20.8 Å². The maximum Gasteiger partial charge on any atom is 0.262 e. The summed E-state index contributed by atoms with van der Waals surface area (Å²) in [4.78, 5) is 21.9. The van der Waals surface area contributed by atoms with Gasteiger partial charge in [0.1, 0.15) is 6.10 Å². The Hall–Kier alpha value is -1.18. The number of carbonyl (C=O) groups excluding carboxylic acids is 2. The molecule has 7 nitrogen and oxygen atoms in total. The monoisotopic (exact) mass is 316 g/mol. The smallest absolute Gasteiger partial charge is 0.262 e. The van der Waals surface area contributed by atoms with Gasteiger partial charge in [0.05, 0.1) is 0 Å². The molecule has 1 heterocycles. The zero-order valence-electron chi connectivity index (χ0n) is 14.1. The molecule has 1 aliphatic heterocycles. The van der Waals surface area contributed by atoms with Crippen molar-refractivity contribution in [1.29, 1.82) is 0 Å². The first kappa shape index (κ1) is 20.8. The van der Waals surface area contributed by atoms with Crippen LogP contribution in [0.3, 0.4) is 0 Å².